The van der Waals surface area contributed by atoms with Crippen LogP contribution in [0.15, 0.2) is 36.4 Å². The fourth-order valence-corrected chi connectivity index (χ4v) is 4.56. The number of aromatic amines is 2. The van der Waals surface area contributed by atoms with Gasteiger partial charge in [0.05, 0.1) is 16.6 Å². The molecule has 1 aliphatic heterocycles. The summed E-state index contributed by atoms with van der Waals surface area (Å²) in [6.07, 6.45) is 0.822. The summed E-state index contributed by atoms with van der Waals surface area (Å²) in [5.41, 5.74) is 3.06. The number of hydrogen-bond acceptors (Lipinski definition) is 3. The van der Waals surface area contributed by atoms with E-state index in [0.29, 0.717) is 61.5 Å². The number of fused-ring (bicyclic) bond motifs is 6. The van der Waals surface area contributed by atoms with Crippen molar-refractivity contribution < 1.29 is 13.5 Å². The van der Waals surface area contributed by atoms with Crippen molar-refractivity contribution in [1.29, 1.82) is 5.26 Å². The third-order valence-electron chi connectivity index (χ3n) is 5.89. The van der Waals surface area contributed by atoms with E-state index in [1.165, 1.54) is 24.3 Å². The van der Waals surface area contributed by atoms with Crippen molar-refractivity contribution in [2.24, 2.45) is 0 Å². The molecule has 1 fully saturated rings. The van der Waals surface area contributed by atoms with E-state index in [4.69, 9.17) is 4.74 Å². The van der Waals surface area contributed by atoms with Crippen LogP contribution in [0.2, 0.25) is 0 Å². The van der Waals surface area contributed by atoms with Gasteiger partial charge in [-0.3, -0.25) is 0 Å². The lowest BCUT2D eigenvalue weighted by Crippen LogP contribution is -2.20. The van der Waals surface area contributed by atoms with Crippen LogP contribution in [0.3, 0.4) is 0 Å². The van der Waals surface area contributed by atoms with Crippen LogP contribution in [0.5, 0.6) is 5.75 Å². The molecule has 2 aromatic heterocycles. The highest BCUT2D eigenvalue weighted by molar-refractivity contribution is 6.24. The smallest absolute Gasteiger partial charge is 0.168 e. The van der Waals surface area contributed by atoms with Gasteiger partial charge in [0.15, 0.2) is 5.75 Å². The van der Waals surface area contributed by atoms with Gasteiger partial charge in [0.25, 0.3) is 0 Å². The van der Waals surface area contributed by atoms with Crippen molar-refractivity contribution in [2.75, 3.05) is 13.1 Å². The van der Waals surface area contributed by atoms with E-state index in [9.17, 15) is 14.0 Å². The number of rotatable bonds is 2. The SMILES string of the molecule is N#Cc1c2c([nH]c3ccc(F)cc32)c(OC2CCNC2)c2[nH]c3ccc(F)cc3c12. The molecule has 1 unspecified atom stereocenters. The number of nitriles is 1. The van der Waals surface area contributed by atoms with Gasteiger partial charge in [-0.1, -0.05) is 0 Å². The minimum Gasteiger partial charge on any atom is -0.485 e. The first-order valence-corrected chi connectivity index (χ1v) is 9.79. The molecule has 1 atom stereocenters. The van der Waals surface area contributed by atoms with E-state index in [0.717, 1.165) is 13.0 Å². The van der Waals surface area contributed by atoms with Gasteiger partial charge in [-0.2, -0.15) is 5.26 Å². The van der Waals surface area contributed by atoms with Crippen LogP contribution in [-0.4, -0.2) is 29.2 Å². The van der Waals surface area contributed by atoms with Gasteiger partial charge >= 0.3 is 0 Å². The third kappa shape index (κ3) is 2.34. The number of ether oxygens (including phenoxy) is 1. The van der Waals surface area contributed by atoms with Crippen molar-refractivity contribution >= 4 is 43.6 Å². The minimum absolute atomic E-state index is 0.0318. The summed E-state index contributed by atoms with van der Waals surface area (Å²) in [6, 6.07) is 11.2. The molecule has 3 heterocycles. The third-order valence-corrected chi connectivity index (χ3v) is 5.89. The fourth-order valence-electron chi connectivity index (χ4n) is 4.56. The average Bonchev–Trinajstić information content (AvgIpc) is 3.45. The number of halogens is 2. The molecule has 30 heavy (non-hydrogen) atoms. The molecule has 0 spiro atoms. The van der Waals surface area contributed by atoms with Gasteiger partial charge in [0.1, 0.15) is 23.8 Å². The Balaban J connectivity index is 1.83. The predicted molar refractivity (Wildman–Crippen MR) is 112 cm³/mol. The number of nitrogens with zero attached hydrogens (tertiary/aromatic N) is 1. The summed E-state index contributed by atoms with van der Waals surface area (Å²) in [6.45, 7) is 1.58. The summed E-state index contributed by atoms with van der Waals surface area (Å²) in [5.74, 6) is -0.208. The summed E-state index contributed by atoms with van der Waals surface area (Å²) in [5, 5.41) is 15.7. The summed E-state index contributed by atoms with van der Waals surface area (Å²) in [7, 11) is 0. The minimum atomic E-state index is -0.389. The summed E-state index contributed by atoms with van der Waals surface area (Å²) < 4.78 is 34.5. The molecule has 0 amide bonds. The molecule has 6 rings (SSSR count). The normalized spacial score (nSPS) is 16.8. The van der Waals surface area contributed by atoms with E-state index in [2.05, 4.69) is 21.4 Å². The van der Waals surface area contributed by atoms with Crippen LogP contribution in [0.4, 0.5) is 8.78 Å². The lowest BCUT2D eigenvalue weighted by Gasteiger charge is -2.15. The molecule has 0 aliphatic carbocycles. The quantitative estimate of drug-likeness (QED) is 0.395. The van der Waals surface area contributed by atoms with Gasteiger partial charge in [0, 0.05) is 39.1 Å². The Kier molecular flexibility index (Phi) is 3.55. The largest absolute Gasteiger partial charge is 0.485 e. The monoisotopic (exact) mass is 402 g/mol. The highest BCUT2D eigenvalue weighted by atomic mass is 19.1. The van der Waals surface area contributed by atoms with Crippen molar-refractivity contribution in [3.8, 4) is 11.8 Å². The maximum Gasteiger partial charge on any atom is 0.168 e. The van der Waals surface area contributed by atoms with E-state index >= 15 is 0 Å². The molecule has 3 aromatic carbocycles. The van der Waals surface area contributed by atoms with Crippen LogP contribution in [-0.2, 0) is 0 Å². The Morgan fingerprint density at radius 3 is 2.03 bits per heavy atom. The number of H-pyrrole nitrogens is 2. The zero-order chi connectivity index (χ0) is 20.4. The van der Waals surface area contributed by atoms with Crippen molar-refractivity contribution in [1.82, 2.24) is 15.3 Å². The first-order chi connectivity index (χ1) is 14.6. The van der Waals surface area contributed by atoms with Crippen LogP contribution < -0.4 is 10.1 Å². The number of benzene rings is 3. The Bertz CT molecular complexity index is 1420. The number of hydrogen-bond donors (Lipinski definition) is 3. The van der Waals surface area contributed by atoms with E-state index in [1.54, 1.807) is 12.1 Å². The van der Waals surface area contributed by atoms with Crippen molar-refractivity contribution in [3.05, 3.63) is 53.6 Å². The second kappa shape index (κ2) is 6.18. The lowest BCUT2D eigenvalue weighted by atomic mass is 10.00. The van der Waals surface area contributed by atoms with Crippen molar-refractivity contribution in [2.45, 2.75) is 12.5 Å². The maximum absolute atomic E-state index is 14.1. The highest BCUT2D eigenvalue weighted by Crippen LogP contribution is 2.44. The van der Waals surface area contributed by atoms with Gasteiger partial charge in [-0.05, 0) is 49.4 Å². The molecule has 0 saturated carbocycles. The zero-order valence-electron chi connectivity index (χ0n) is 15.8. The van der Waals surface area contributed by atoms with Gasteiger partial charge in [-0.25, -0.2) is 8.78 Å². The van der Waals surface area contributed by atoms with Gasteiger partial charge in [-0.15, -0.1) is 0 Å². The first-order valence-electron chi connectivity index (χ1n) is 9.79. The van der Waals surface area contributed by atoms with E-state index in [-0.39, 0.29) is 17.7 Å². The Hall–Kier alpha value is -3.63. The molecule has 0 radical (unpaired) electrons. The molecule has 5 nitrogen and oxygen atoms in total. The van der Waals surface area contributed by atoms with E-state index in [1.807, 2.05) is 0 Å². The summed E-state index contributed by atoms with van der Waals surface area (Å²) in [4.78, 5) is 6.63. The maximum atomic E-state index is 14.1. The average molecular weight is 402 g/mol. The molecule has 7 heteroatoms. The second-order valence-electron chi connectivity index (χ2n) is 7.68. The zero-order valence-corrected chi connectivity index (χ0v) is 15.8. The highest BCUT2D eigenvalue weighted by Gasteiger charge is 2.26. The van der Waals surface area contributed by atoms with Crippen LogP contribution in [0.25, 0.3) is 43.6 Å². The molecule has 1 saturated heterocycles. The molecular formula is C23H16F2N4O. The Morgan fingerprint density at radius 1 is 0.933 bits per heavy atom. The van der Waals surface area contributed by atoms with Crippen LogP contribution in [0.1, 0.15) is 12.0 Å². The van der Waals surface area contributed by atoms with Crippen molar-refractivity contribution in [3.63, 3.8) is 0 Å². The lowest BCUT2D eigenvalue weighted by molar-refractivity contribution is 0.228. The summed E-state index contributed by atoms with van der Waals surface area (Å²) >= 11 is 0. The second-order valence-corrected chi connectivity index (χ2v) is 7.68. The molecule has 1 aliphatic rings. The number of aromatic nitrogens is 2. The van der Waals surface area contributed by atoms with Gasteiger partial charge in [0.2, 0.25) is 0 Å². The molecular weight excluding hydrogens is 386 g/mol. The topological polar surface area (TPSA) is 76.6 Å². The van der Waals surface area contributed by atoms with Gasteiger partial charge < -0.3 is 20.0 Å². The van der Waals surface area contributed by atoms with E-state index < -0.39 is 0 Å². The predicted octanol–water partition coefficient (Wildman–Crippen LogP) is 4.85. The molecule has 148 valence electrons. The first kappa shape index (κ1) is 17.2. The van der Waals surface area contributed by atoms with Crippen LogP contribution in [0, 0.1) is 23.0 Å². The molecule has 5 aromatic rings. The standard InChI is InChI=1S/C23H16F2N4O/c24-11-1-3-17-14(7-11)19-16(9-26)20-15-8-12(25)2-4-18(15)29-22(20)23(21(19)28-17)30-13-5-6-27-10-13/h1-4,7-8,13,27-29H,5-6,10H2. The number of nitrogens with one attached hydrogen (secondary N) is 3. The Morgan fingerprint density at radius 2 is 1.53 bits per heavy atom. The Labute approximate surface area is 169 Å². The molecule has 3 N–H and O–H groups in total. The fraction of sp³-hybridized carbons (Fsp3) is 0.174. The van der Waals surface area contributed by atoms with Crippen LogP contribution >= 0.6 is 0 Å². The molecule has 0 bridgehead atoms.